The summed E-state index contributed by atoms with van der Waals surface area (Å²) in [4.78, 5) is 20.1. The van der Waals surface area contributed by atoms with E-state index in [1.165, 1.54) is 18.5 Å². The van der Waals surface area contributed by atoms with E-state index in [0.29, 0.717) is 5.02 Å². The Balaban J connectivity index is 2.03. The van der Waals surface area contributed by atoms with E-state index in [0.717, 1.165) is 5.56 Å². The maximum absolute atomic E-state index is 11.6. The number of benzene rings is 1. The number of rotatable bonds is 3. The van der Waals surface area contributed by atoms with Gasteiger partial charge in [0.15, 0.2) is 0 Å². The topological polar surface area (TPSA) is 51.5 Å². The first kappa shape index (κ1) is 13.5. The predicted molar refractivity (Wildman–Crippen MR) is 73.7 cm³/mol. The SMILES string of the molecule is O=C(O/N=C\c1cccc(Cl)c1)c1cccnc1Cl. The van der Waals surface area contributed by atoms with E-state index in [9.17, 15) is 4.79 Å². The fourth-order valence-corrected chi connectivity index (χ4v) is 1.70. The quantitative estimate of drug-likeness (QED) is 0.376. The van der Waals surface area contributed by atoms with Crippen LogP contribution in [-0.2, 0) is 4.84 Å². The van der Waals surface area contributed by atoms with Gasteiger partial charge in [0.05, 0.1) is 11.8 Å². The average Bonchev–Trinajstić information content (AvgIpc) is 2.39. The molecule has 0 bridgehead atoms. The average molecular weight is 295 g/mol. The van der Waals surface area contributed by atoms with Gasteiger partial charge in [-0.05, 0) is 29.8 Å². The maximum atomic E-state index is 11.6. The molecule has 0 aliphatic carbocycles. The van der Waals surface area contributed by atoms with Gasteiger partial charge in [0.2, 0.25) is 0 Å². The fourth-order valence-electron chi connectivity index (χ4n) is 1.31. The summed E-state index contributed by atoms with van der Waals surface area (Å²) in [5, 5.41) is 4.23. The molecule has 6 heteroatoms. The lowest BCUT2D eigenvalue weighted by atomic mass is 10.2. The van der Waals surface area contributed by atoms with Crippen molar-refractivity contribution in [1.29, 1.82) is 0 Å². The van der Waals surface area contributed by atoms with E-state index in [-0.39, 0.29) is 10.7 Å². The number of nitrogens with zero attached hydrogens (tertiary/aromatic N) is 2. The van der Waals surface area contributed by atoms with Crippen molar-refractivity contribution in [2.75, 3.05) is 0 Å². The number of aromatic nitrogens is 1. The Morgan fingerprint density at radius 3 is 2.84 bits per heavy atom. The van der Waals surface area contributed by atoms with Gasteiger partial charge >= 0.3 is 5.97 Å². The molecule has 0 fully saturated rings. The lowest BCUT2D eigenvalue weighted by molar-refractivity contribution is 0.0519. The molecule has 0 aliphatic rings. The third kappa shape index (κ3) is 3.77. The second-order valence-electron chi connectivity index (χ2n) is 3.51. The number of oxime groups is 1. The summed E-state index contributed by atoms with van der Waals surface area (Å²) in [6.07, 6.45) is 2.86. The van der Waals surface area contributed by atoms with Crippen LogP contribution in [0, 0.1) is 0 Å². The van der Waals surface area contributed by atoms with Crippen LogP contribution in [-0.4, -0.2) is 17.2 Å². The molecular formula is C13H8Cl2N2O2. The minimum atomic E-state index is -0.670. The lowest BCUT2D eigenvalue weighted by Gasteiger charge is -1.99. The van der Waals surface area contributed by atoms with Crippen LogP contribution in [0.3, 0.4) is 0 Å². The first-order valence-electron chi connectivity index (χ1n) is 5.27. The van der Waals surface area contributed by atoms with Crippen molar-refractivity contribution in [3.63, 3.8) is 0 Å². The monoisotopic (exact) mass is 294 g/mol. The van der Waals surface area contributed by atoms with Crippen LogP contribution in [0.1, 0.15) is 15.9 Å². The largest absolute Gasteiger partial charge is 0.368 e. The van der Waals surface area contributed by atoms with Crippen molar-refractivity contribution in [2.45, 2.75) is 0 Å². The molecule has 0 saturated carbocycles. The first-order chi connectivity index (χ1) is 9.16. The van der Waals surface area contributed by atoms with E-state index in [2.05, 4.69) is 10.1 Å². The number of hydrogen-bond acceptors (Lipinski definition) is 4. The Kier molecular flexibility index (Phi) is 4.49. The molecule has 0 aliphatic heterocycles. The van der Waals surface area contributed by atoms with Gasteiger partial charge in [-0.1, -0.05) is 40.5 Å². The van der Waals surface area contributed by atoms with Crippen molar-refractivity contribution in [2.24, 2.45) is 5.16 Å². The van der Waals surface area contributed by atoms with Crippen LogP contribution >= 0.6 is 23.2 Å². The molecule has 2 aromatic rings. The molecule has 1 aromatic carbocycles. The van der Waals surface area contributed by atoms with Crippen LogP contribution in [0.4, 0.5) is 0 Å². The summed E-state index contributed by atoms with van der Waals surface area (Å²) >= 11 is 11.6. The molecule has 1 heterocycles. The zero-order chi connectivity index (χ0) is 13.7. The van der Waals surface area contributed by atoms with Crippen molar-refractivity contribution in [1.82, 2.24) is 4.98 Å². The second kappa shape index (κ2) is 6.31. The van der Waals surface area contributed by atoms with E-state index >= 15 is 0 Å². The number of hydrogen-bond donors (Lipinski definition) is 0. The van der Waals surface area contributed by atoms with Crippen molar-refractivity contribution >= 4 is 35.4 Å². The van der Waals surface area contributed by atoms with Gasteiger partial charge in [0.1, 0.15) is 5.15 Å². The first-order valence-corrected chi connectivity index (χ1v) is 6.03. The van der Waals surface area contributed by atoms with E-state index < -0.39 is 5.97 Å². The summed E-state index contributed by atoms with van der Waals surface area (Å²) in [5.41, 5.74) is 0.880. The van der Waals surface area contributed by atoms with Gasteiger partial charge in [-0.25, -0.2) is 9.78 Å². The Morgan fingerprint density at radius 2 is 2.11 bits per heavy atom. The van der Waals surface area contributed by atoms with E-state index in [1.54, 1.807) is 30.3 Å². The van der Waals surface area contributed by atoms with Gasteiger partial charge in [-0.3, -0.25) is 0 Å². The molecule has 0 N–H and O–H groups in total. The molecule has 2 rings (SSSR count). The fraction of sp³-hybridized carbons (Fsp3) is 0. The van der Waals surface area contributed by atoms with Gasteiger partial charge in [-0.2, -0.15) is 0 Å². The number of pyridine rings is 1. The van der Waals surface area contributed by atoms with Gasteiger partial charge in [0, 0.05) is 11.2 Å². The molecule has 0 radical (unpaired) electrons. The highest BCUT2D eigenvalue weighted by atomic mass is 35.5. The third-order valence-corrected chi connectivity index (χ3v) is 2.70. The standard InChI is InChI=1S/C13H8Cl2N2O2/c14-10-4-1-3-9(7-10)8-17-19-13(18)11-5-2-6-16-12(11)15/h1-8H/b17-8-. The molecule has 0 unspecified atom stereocenters. The molecule has 0 saturated heterocycles. The van der Waals surface area contributed by atoms with Crippen LogP contribution in [0.25, 0.3) is 0 Å². The van der Waals surface area contributed by atoms with Crippen molar-refractivity contribution < 1.29 is 9.63 Å². The van der Waals surface area contributed by atoms with Crippen LogP contribution in [0.15, 0.2) is 47.8 Å². The van der Waals surface area contributed by atoms with Crippen LogP contribution in [0.2, 0.25) is 10.2 Å². The summed E-state index contributed by atoms with van der Waals surface area (Å²) in [6.45, 7) is 0. The maximum Gasteiger partial charge on any atom is 0.368 e. The smallest absolute Gasteiger partial charge is 0.313 e. The molecule has 0 amide bonds. The summed E-state index contributed by atoms with van der Waals surface area (Å²) in [5.74, 6) is -0.670. The van der Waals surface area contributed by atoms with Crippen LogP contribution in [0.5, 0.6) is 0 Å². The Bertz CT molecular complexity index is 630. The normalized spacial score (nSPS) is 10.6. The highest BCUT2D eigenvalue weighted by Gasteiger charge is 2.11. The second-order valence-corrected chi connectivity index (χ2v) is 4.30. The Morgan fingerprint density at radius 1 is 1.26 bits per heavy atom. The van der Waals surface area contributed by atoms with Gasteiger partial charge in [0.25, 0.3) is 0 Å². The molecule has 0 spiro atoms. The Labute approximate surface area is 119 Å². The zero-order valence-corrected chi connectivity index (χ0v) is 11.1. The summed E-state index contributed by atoms with van der Waals surface area (Å²) < 4.78 is 0. The van der Waals surface area contributed by atoms with Gasteiger partial charge in [-0.15, -0.1) is 0 Å². The van der Waals surface area contributed by atoms with E-state index in [4.69, 9.17) is 28.0 Å². The minimum absolute atomic E-state index is 0.0745. The van der Waals surface area contributed by atoms with Gasteiger partial charge < -0.3 is 4.84 Å². The zero-order valence-electron chi connectivity index (χ0n) is 9.59. The highest BCUT2D eigenvalue weighted by Crippen LogP contribution is 2.13. The molecule has 4 nitrogen and oxygen atoms in total. The molecule has 1 aromatic heterocycles. The molecular weight excluding hydrogens is 287 g/mol. The molecule has 0 atom stereocenters. The number of carbonyl (C=O) groups is 1. The van der Waals surface area contributed by atoms with Crippen molar-refractivity contribution in [3.05, 3.63) is 63.9 Å². The minimum Gasteiger partial charge on any atom is -0.313 e. The lowest BCUT2D eigenvalue weighted by Crippen LogP contribution is -2.02. The van der Waals surface area contributed by atoms with Crippen LogP contribution < -0.4 is 0 Å². The summed E-state index contributed by atoms with van der Waals surface area (Å²) in [6, 6.07) is 10.1. The molecule has 96 valence electrons. The number of halogens is 2. The summed E-state index contributed by atoms with van der Waals surface area (Å²) in [7, 11) is 0. The third-order valence-electron chi connectivity index (χ3n) is 2.17. The van der Waals surface area contributed by atoms with E-state index in [1.807, 2.05) is 0 Å². The Hall–Kier alpha value is -1.91. The van der Waals surface area contributed by atoms with Crippen molar-refractivity contribution in [3.8, 4) is 0 Å². The number of carbonyl (C=O) groups excluding carboxylic acids is 1. The predicted octanol–water partition coefficient (Wildman–Crippen LogP) is 3.58. The molecule has 19 heavy (non-hydrogen) atoms. The highest BCUT2D eigenvalue weighted by molar-refractivity contribution is 6.32.